The van der Waals surface area contributed by atoms with Gasteiger partial charge in [0.25, 0.3) is 0 Å². The first-order chi connectivity index (χ1) is 9.49. The van der Waals surface area contributed by atoms with Crippen LogP contribution in [0.5, 0.6) is 0 Å². The summed E-state index contributed by atoms with van der Waals surface area (Å²) in [4.78, 5) is 11.3. The van der Waals surface area contributed by atoms with Gasteiger partial charge in [-0.05, 0) is 56.9 Å². The van der Waals surface area contributed by atoms with E-state index < -0.39 is 5.97 Å². The van der Waals surface area contributed by atoms with Crippen LogP contribution in [0.2, 0.25) is 0 Å². The third-order valence-corrected chi connectivity index (χ3v) is 4.29. The van der Waals surface area contributed by atoms with Gasteiger partial charge in [-0.2, -0.15) is 0 Å². The van der Waals surface area contributed by atoms with Gasteiger partial charge in [-0.25, -0.2) is 0 Å². The molecule has 0 amide bonds. The summed E-state index contributed by atoms with van der Waals surface area (Å²) in [5.74, 6) is -0.958. The molecule has 1 atom stereocenters. The van der Waals surface area contributed by atoms with Gasteiger partial charge in [0, 0.05) is 28.3 Å². The highest BCUT2D eigenvalue weighted by atomic mass is 16.4. The SMILES string of the molecule is CC(C)n1c2c(c3cc(N)ccc31)CC(C(=O)O)CC2. The molecule has 1 aliphatic rings. The number of carboxylic acid groups (broad SMARTS) is 1. The van der Waals surface area contributed by atoms with E-state index in [-0.39, 0.29) is 5.92 Å². The van der Waals surface area contributed by atoms with Crippen LogP contribution in [0.3, 0.4) is 0 Å². The molecule has 3 rings (SSSR count). The lowest BCUT2D eigenvalue weighted by atomic mass is 9.86. The van der Waals surface area contributed by atoms with Crippen molar-refractivity contribution in [3.05, 3.63) is 29.5 Å². The summed E-state index contributed by atoms with van der Waals surface area (Å²) < 4.78 is 2.34. The van der Waals surface area contributed by atoms with Crippen LogP contribution in [0.15, 0.2) is 18.2 Å². The van der Waals surface area contributed by atoms with Crippen LogP contribution < -0.4 is 5.73 Å². The minimum Gasteiger partial charge on any atom is -0.481 e. The molecule has 1 aromatic carbocycles. The normalized spacial score (nSPS) is 18.4. The molecule has 0 saturated carbocycles. The highest BCUT2D eigenvalue weighted by Crippen LogP contribution is 2.37. The number of nitrogen functional groups attached to an aromatic ring is 1. The van der Waals surface area contributed by atoms with E-state index in [1.54, 1.807) is 0 Å². The van der Waals surface area contributed by atoms with Crippen molar-refractivity contribution in [3.8, 4) is 0 Å². The predicted molar refractivity (Wildman–Crippen MR) is 79.9 cm³/mol. The van der Waals surface area contributed by atoms with Gasteiger partial charge in [-0.1, -0.05) is 0 Å². The molecular formula is C16H20N2O2. The molecule has 0 aliphatic heterocycles. The van der Waals surface area contributed by atoms with Crippen molar-refractivity contribution in [2.75, 3.05) is 5.73 Å². The summed E-state index contributed by atoms with van der Waals surface area (Å²) in [6, 6.07) is 6.32. The van der Waals surface area contributed by atoms with E-state index in [0.29, 0.717) is 12.5 Å². The summed E-state index contributed by atoms with van der Waals surface area (Å²) in [5, 5.41) is 10.4. The molecule has 1 unspecified atom stereocenters. The highest BCUT2D eigenvalue weighted by molar-refractivity contribution is 5.89. The fraction of sp³-hybridized carbons (Fsp3) is 0.438. The number of aromatic nitrogens is 1. The van der Waals surface area contributed by atoms with Crippen LogP contribution in [-0.2, 0) is 17.6 Å². The maximum atomic E-state index is 11.3. The molecule has 0 saturated heterocycles. The molecule has 0 spiro atoms. The molecular weight excluding hydrogens is 252 g/mol. The third-order valence-electron chi connectivity index (χ3n) is 4.29. The second-order valence-electron chi connectivity index (χ2n) is 5.94. The van der Waals surface area contributed by atoms with Crippen molar-refractivity contribution in [2.45, 2.75) is 39.2 Å². The van der Waals surface area contributed by atoms with E-state index >= 15 is 0 Å². The Balaban J connectivity index is 2.24. The van der Waals surface area contributed by atoms with Crippen molar-refractivity contribution in [2.24, 2.45) is 5.92 Å². The Hall–Kier alpha value is -1.97. The average Bonchev–Trinajstić information content (AvgIpc) is 2.71. The van der Waals surface area contributed by atoms with Gasteiger partial charge in [0.1, 0.15) is 0 Å². The van der Waals surface area contributed by atoms with E-state index in [2.05, 4.69) is 24.5 Å². The van der Waals surface area contributed by atoms with Gasteiger partial charge >= 0.3 is 5.97 Å². The lowest BCUT2D eigenvalue weighted by Crippen LogP contribution is -2.23. The predicted octanol–water partition coefficient (Wildman–Crippen LogP) is 2.99. The molecule has 4 nitrogen and oxygen atoms in total. The van der Waals surface area contributed by atoms with Crippen LogP contribution in [0.1, 0.15) is 37.6 Å². The lowest BCUT2D eigenvalue weighted by Gasteiger charge is -2.22. The molecule has 1 aliphatic carbocycles. The smallest absolute Gasteiger partial charge is 0.306 e. The Labute approximate surface area is 118 Å². The molecule has 0 radical (unpaired) electrons. The Kier molecular flexibility index (Phi) is 2.96. The molecule has 20 heavy (non-hydrogen) atoms. The zero-order valence-electron chi connectivity index (χ0n) is 11.9. The number of fused-ring (bicyclic) bond motifs is 3. The van der Waals surface area contributed by atoms with E-state index in [9.17, 15) is 9.90 Å². The molecule has 0 fully saturated rings. The Morgan fingerprint density at radius 2 is 2.20 bits per heavy atom. The number of hydrogen-bond acceptors (Lipinski definition) is 2. The fourth-order valence-electron chi connectivity index (χ4n) is 3.41. The van der Waals surface area contributed by atoms with Gasteiger partial charge in [-0.3, -0.25) is 4.79 Å². The maximum Gasteiger partial charge on any atom is 0.306 e. The second-order valence-corrected chi connectivity index (χ2v) is 5.94. The summed E-state index contributed by atoms with van der Waals surface area (Å²) in [6.07, 6.45) is 2.17. The summed E-state index contributed by atoms with van der Waals surface area (Å²) >= 11 is 0. The van der Waals surface area contributed by atoms with Crippen molar-refractivity contribution in [1.82, 2.24) is 4.57 Å². The number of nitrogens with zero attached hydrogens (tertiary/aromatic N) is 1. The third kappa shape index (κ3) is 1.87. The first kappa shape index (κ1) is 13.0. The highest BCUT2D eigenvalue weighted by Gasteiger charge is 2.29. The summed E-state index contributed by atoms with van der Waals surface area (Å²) in [7, 11) is 0. The van der Waals surface area contributed by atoms with Crippen molar-refractivity contribution >= 4 is 22.6 Å². The van der Waals surface area contributed by atoms with Gasteiger partial charge in [0.05, 0.1) is 5.92 Å². The quantitative estimate of drug-likeness (QED) is 0.826. The summed E-state index contributed by atoms with van der Waals surface area (Å²) in [5.41, 5.74) is 10.3. The number of benzene rings is 1. The van der Waals surface area contributed by atoms with E-state index in [4.69, 9.17) is 5.73 Å². The van der Waals surface area contributed by atoms with Crippen LogP contribution >= 0.6 is 0 Å². The molecule has 0 bridgehead atoms. The second kappa shape index (κ2) is 4.54. The van der Waals surface area contributed by atoms with Crippen molar-refractivity contribution in [3.63, 3.8) is 0 Å². The largest absolute Gasteiger partial charge is 0.481 e. The number of hydrogen-bond donors (Lipinski definition) is 2. The van der Waals surface area contributed by atoms with E-state index in [1.807, 2.05) is 12.1 Å². The number of rotatable bonds is 2. The number of aliphatic carboxylic acids is 1. The zero-order chi connectivity index (χ0) is 14.4. The minimum atomic E-state index is -0.690. The van der Waals surface area contributed by atoms with Crippen LogP contribution in [0.4, 0.5) is 5.69 Å². The van der Waals surface area contributed by atoms with E-state index in [1.165, 1.54) is 16.8 Å². The molecule has 3 N–H and O–H groups in total. The molecule has 4 heteroatoms. The van der Waals surface area contributed by atoms with Gasteiger partial charge < -0.3 is 15.4 Å². The van der Waals surface area contributed by atoms with Crippen LogP contribution in [0.25, 0.3) is 10.9 Å². The Morgan fingerprint density at radius 3 is 2.85 bits per heavy atom. The fourth-order valence-corrected chi connectivity index (χ4v) is 3.41. The molecule has 1 heterocycles. The van der Waals surface area contributed by atoms with Crippen LogP contribution in [0, 0.1) is 5.92 Å². The first-order valence-corrected chi connectivity index (χ1v) is 7.13. The van der Waals surface area contributed by atoms with Gasteiger partial charge in [-0.15, -0.1) is 0 Å². The number of anilines is 1. The zero-order valence-corrected chi connectivity index (χ0v) is 11.9. The number of carbonyl (C=O) groups is 1. The molecule has 106 valence electrons. The molecule has 1 aromatic heterocycles. The lowest BCUT2D eigenvalue weighted by molar-refractivity contribution is -0.142. The Bertz CT molecular complexity index is 685. The number of carboxylic acids is 1. The van der Waals surface area contributed by atoms with Crippen LogP contribution in [-0.4, -0.2) is 15.6 Å². The topological polar surface area (TPSA) is 68.2 Å². The Morgan fingerprint density at radius 1 is 1.45 bits per heavy atom. The van der Waals surface area contributed by atoms with Crippen molar-refractivity contribution in [1.29, 1.82) is 0 Å². The van der Waals surface area contributed by atoms with Crippen molar-refractivity contribution < 1.29 is 9.90 Å². The standard InChI is InChI=1S/C16H20N2O2/c1-9(2)18-14-5-3-10(16(19)20)7-12(14)13-8-11(17)4-6-15(13)18/h4,6,8-10H,3,5,7,17H2,1-2H3,(H,19,20). The summed E-state index contributed by atoms with van der Waals surface area (Å²) in [6.45, 7) is 4.33. The van der Waals surface area contributed by atoms with Gasteiger partial charge in [0.2, 0.25) is 0 Å². The van der Waals surface area contributed by atoms with Gasteiger partial charge in [0.15, 0.2) is 0 Å². The average molecular weight is 272 g/mol. The number of nitrogens with two attached hydrogens (primary N) is 1. The first-order valence-electron chi connectivity index (χ1n) is 7.13. The van der Waals surface area contributed by atoms with E-state index in [0.717, 1.165) is 23.9 Å². The maximum absolute atomic E-state index is 11.3. The minimum absolute atomic E-state index is 0.268. The monoisotopic (exact) mass is 272 g/mol. The molecule has 2 aromatic rings.